The Kier molecular flexibility index (Phi) is 3.62. The Morgan fingerprint density at radius 2 is 1.75 bits per heavy atom. The minimum Gasteiger partial charge on any atom is -0.324 e. The average Bonchev–Trinajstić information content (AvgIpc) is 2.30. The van der Waals surface area contributed by atoms with Crippen molar-refractivity contribution in [2.75, 3.05) is 13.1 Å². The molecule has 0 saturated carbocycles. The predicted octanol–water partition coefficient (Wildman–Crippen LogP) is 2.30. The van der Waals surface area contributed by atoms with Crippen molar-refractivity contribution in [1.82, 2.24) is 5.32 Å². The van der Waals surface area contributed by atoms with Crippen LogP contribution in [-0.2, 0) is 0 Å². The lowest BCUT2D eigenvalue weighted by molar-refractivity contribution is 0.321. The van der Waals surface area contributed by atoms with E-state index < -0.39 is 0 Å². The maximum atomic E-state index is 6.44. The van der Waals surface area contributed by atoms with Crippen LogP contribution >= 0.6 is 0 Å². The molecule has 3 N–H and O–H groups in total. The lowest BCUT2D eigenvalue weighted by Gasteiger charge is -2.30. The molecule has 1 aliphatic rings. The van der Waals surface area contributed by atoms with Crippen LogP contribution in [0.5, 0.6) is 0 Å². The SMILES string of the molecule is Cc1cccc(C)c1[C@H](N)C1CCNCC1. The van der Waals surface area contributed by atoms with Gasteiger partial charge in [0.15, 0.2) is 0 Å². The maximum absolute atomic E-state index is 6.44. The van der Waals surface area contributed by atoms with Crippen LogP contribution in [0.4, 0.5) is 0 Å². The molecule has 1 saturated heterocycles. The van der Waals surface area contributed by atoms with Gasteiger partial charge in [0.25, 0.3) is 0 Å². The van der Waals surface area contributed by atoms with E-state index >= 15 is 0 Å². The normalized spacial score (nSPS) is 19.7. The van der Waals surface area contributed by atoms with Gasteiger partial charge in [-0.2, -0.15) is 0 Å². The Labute approximate surface area is 98.2 Å². The smallest absolute Gasteiger partial charge is 0.0329 e. The highest BCUT2D eigenvalue weighted by atomic mass is 14.9. The zero-order valence-electron chi connectivity index (χ0n) is 10.3. The van der Waals surface area contributed by atoms with Gasteiger partial charge >= 0.3 is 0 Å². The van der Waals surface area contributed by atoms with E-state index in [0.29, 0.717) is 5.92 Å². The third kappa shape index (κ3) is 2.28. The summed E-state index contributed by atoms with van der Waals surface area (Å²) in [6.07, 6.45) is 2.41. The van der Waals surface area contributed by atoms with Crippen molar-refractivity contribution < 1.29 is 0 Å². The Bertz CT molecular complexity index is 334. The van der Waals surface area contributed by atoms with Crippen molar-refractivity contribution in [3.63, 3.8) is 0 Å². The van der Waals surface area contributed by atoms with Crippen LogP contribution in [0.25, 0.3) is 0 Å². The summed E-state index contributed by atoms with van der Waals surface area (Å²) in [5, 5.41) is 3.39. The van der Waals surface area contributed by atoms with Crippen LogP contribution in [-0.4, -0.2) is 13.1 Å². The van der Waals surface area contributed by atoms with Crippen LogP contribution in [0.2, 0.25) is 0 Å². The van der Waals surface area contributed by atoms with Crippen molar-refractivity contribution in [2.45, 2.75) is 32.7 Å². The van der Waals surface area contributed by atoms with Crippen molar-refractivity contribution in [3.05, 3.63) is 34.9 Å². The molecule has 1 heterocycles. The monoisotopic (exact) mass is 218 g/mol. The van der Waals surface area contributed by atoms with Gasteiger partial charge < -0.3 is 11.1 Å². The predicted molar refractivity (Wildman–Crippen MR) is 68.4 cm³/mol. The zero-order chi connectivity index (χ0) is 11.5. The molecule has 0 unspecified atom stereocenters. The number of aryl methyl sites for hydroxylation is 2. The number of nitrogens with one attached hydrogen (secondary N) is 1. The van der Waals surface area contributed by atoms with E-state index in [2.05, 4.69) is 37.4 Å². The molecule has 0 spiro atoms. The summed E-state index contributed by atoms with van der Waals surface area (Å²) in [7, 11) is 0. The standard InChI is InChI=1S/C14H22N2/c1-10-4-3-5-11(2)13(10)14(15)12-6-8-16-9-7-12/h3-5,12,14,16H,6-9,15H2,1-2H3/t14-/m1/s1. The quantitative estimate of drug-likeness (QED) is 0.799. The van der Waals surface area contributed by atoms with Gasteiger partial charge in [-0.1, -0.05) is 18.2 Å². The lowest BCUT2D eigenvalue weighted by atomic mass is 9.83. The Hall–Kier alpha value is -0.860. The highest BCUT2D eigenvalue weighted by Gasteiger charge is 2.23. The Balaban J connectivity index is 2.22. The molecular formula is C14H22N2. The van der Waals surface area contributed by atoms with Gasteiger partial charge in [0.1, 0.15) is 0 Å². The Morgan fingerprint density at radius 1 is 1.19 bits per heavy atom. The van der Waals surface area contributed by atoms with Gasteiger partial charge in [-0.05, 0) is 62.4 Å². The summed E-state index contributed by atoms with van der Waals surface area (Å²) in [4.78, 5) is 0. The fraction of sp³-hybridized carbons (Fsp3) is 0.571. The summed E-state index contributed by atoms with van der Waals surface area (Å²) in [5.74, 6) is 0.640. The van der Waals surface area contributed by atoms with Gasteiger partial charge in [-0.3, -0.25) is 0 Å². The molecule has 2 rings (SSSR count). The van der Waals surface area contributed by atoms with Gasteiger partial charge in [-0.25, -0.2) is 0 Å². The fourth-order valence-electron chi connectivity index (χ4n) is 2.79. The number of piperidine rings is 1. The highest BCUT2D eigenvalue weighted by molar-refractivity contribution is 5.36. The first kappa shape index (κ1) is 11.6. The van der Waals surface area contributed by atoms with Gasteiger partial charge in [0.05, 0.1) is 0 Å². The maximum Gasteiger partial charge on any atom is 0.0329 e. The molecule has 1 fully saturated rings. The van der Waals surface area contributed by atoms with E-state index in [9.17, 15) is 0 Å². The number of benzene rings is 1. The second-order valence-corrected chi connectivity index (χ2v) is 4.92. The molecule has 16 heavy (non-hydrogen) atoms. The molecule has 2 heteroatoms. The summed E-state index contributed by atoms with van der Waals surface area (Å²) < 4.78 is 0. The molecule has 1 aromatic carbocycles. The first-order valence-corrected chi connectivity index (χ1v) is 6.22. The topological polar surface area (TPSA) is 38.0 Å². The average molecular weight is 218 g/mol. The number of hydrogen-bond donors (Lipinski definition) is 2. The number of rotatable bonds is 2. The van der Waals surface area contributed by atoms with Gasteiger partial charge in [0, 0.05) is 6.04 Å². The highest BCUT2D eigenvalue weighted by Crippen LogP contribution is 2.30. The van der Waals surface area contributed by atoms with E-state index in [1.807, 2.05) is 0 Å². The third-order valence-corrected chi connectivity index (χ3v) is 3.77. The summed E-state index contributed by atoms with van der Waals surface area (Å²) in [5.41, 5.74) is 10.5. The zero-order valence-corrected chi connectivity index (χ0v) is 10.3. The van der Waals surface area contributed by atoms with Crippen LogP contribution < -0.4 is 11.1 Å². The molecular weight excluding hydrogens is 196 g/mol. The van der Waals surface area contributed by atoms with Crippen molar-refractivity contribution >= 4 is 0 Å². The molecule has 1 aromatic rings. The summed E-state index contributed by atoms with van der Waals surface area (Å²) in [6, 6.07) is 6.67. The van der Waals surface area contributed by atoms with E-state index in [0.717, 1.165) is 13.1 Å². The molecule has 0 bridgehead atoms. The number of nitrogens with two attached hydrogens (primary N) is 1. The first-order chi connectivity index (χ1) is 7.70. The fourth-order valence-corrected chi connectivity index (χ4v) is 2.79. The Morgan fingerprint density at radius 3 is 2.31 bits per heavy atom. The minimum absolute atomic E-state index is 0.211. The molecule has 2 nitrogen and oxygen atoms in total. The lowest BCUT2D eigenvalue weighted by Crippen LogP contribution is -2.34. The molecule has 1 atom stereocenters. The van der Waals surface area contributed by atoms with Crippen LogP contribution in [0.1, 0.15) is 35.6 Å². The summed E-state index contributed by atoms with van der Waals surface area (Å²) in [6.45, 7) is 6.57. The van der Waals surface area contributed by atoms with Crippen LogP contribution in [0.15, 0.2) is 18.2 Å². The van der Waals surface area contributed by atoms with E-state index in [-0.39, 0.29) is 6.04 Å². The van der Waals surface area contributed by atoms with Gasteiger partial charge in [-0.15, -0.1) is 0 Å². The van der Waals surface area contributed by atoms with Crippen molar-refractivity contribution in [3.8, 4) is 0 Å². The van der Waals surface area contributed by atoms with Crippen molar-refractivity contribution in [2.24, 2.45) is 11.7 Å². The molecule has 88 valence electrons. The molecule has 0 amide bonds. The molecule has 0 aliphatic carbocycles. The summed E-state index contributed by atoms with van der Waals surface area (Å²) >= 11 is 0. The second kappa shape index (κ2) is 4.98. The largest absolute Gasteiger partial charge is 0.324 e. The minimum atomic E-state index is 0.211. The molecule has 0 radical (unpaired) electrons. The van der Waals surface area contributed by atoms with E-state index in [1.165, 1.54) is 29.5 Å². The van der Waals surface area contributed by atoms with E-state index in [4.69, 9.17) is 5.73 Å². The van der Waals surface area contributed by atoms with E-state index in [1.54, 1.807) is 0 Å². The first-order valence-electron chi connectivity index (χ1n) is 6.22. The molecule has 1 aliphatic heterocycles. The second-order valence-electron chi connectivity index (χ2n) is 4.92. The third-order valence-electron chi connectivity index (χ3n) is 3.77. The molecule has 0 aromatic heterocycles. The van der Waals surface area contributed by atoms with Crippen LogP contribution in [0.3, 0.4) is 0 Å². The van der Waals surface area contributed by atoms with Gasteiger partial charge in [0.2, 0.25) is 0 Å². The number of hydrogen-bond acceptors (Lipinski definition) is 2. The van der Waals surface area contributed by atoms with Crippen molar-refractivity contribution in [1.29, 1.82) is 0 Å². The van der Waals surface area contributed by atoms with Crippen LogP contribution in [0, 0.1) is 19.8 Å².